The number of benzene rings is 1. The van der Waals surface area contributed by atoms with Crippen LogP contribution in [-0.2, 0) is 23.4 Å². The van der Waals surface area contributed by atoms with E-state index in [1.165, 1.54) is 12.1 Å². The number of rotatable bonds is 6. The highest BCUT2D eigenvalue weighted by Gasteiger charge is 2.14. The van der Waals surface area contributed by atoms with Crippen molar-refractivity contribution in [2.45, 2.75) is 11.4 Å². The third-order valence-corrected chi connectivity index (χ3v) is 4.67. The molecule has 0 saturated carbocycles. The van der Waals surface area contributed by atoms with E-state index in [2.05, 4.69) is 10.4 Å². The Labute approximate surface area is 123 Å². The summed E-state index contributed by atoms with van der Waals surface area (Å²) in [6, 6.07) is 8.01. The van der Waals surface area contributed by atoms with E-state index in [0.717, 1.165) is 5.56 Å². The van der Waals surface area contributed by atoms with Gasteiger partial charge < -0.3 is 5.32 Å². The summed E-state index contributed by atoms with van der Waals surface area (Å²) in [5.41, 5.74) is 1.35. The van der Waals surface area contributed by atoms with E-state index in [-0.39, 0.29) is 10.6 Å². The van der Waals surface area contributed by atoms with Crippen LogP contribution in [0.15, 0.2) is 41.6 Å². The van der Waals surface area contributed by atoms with E-state index in [0.29, 0.717) is 18.7 Å². The molecule has 0 atom stereocenters. The third kappa shape index (κ3) is 4.15. The summed E-state index contributed by atoms with van der Waals surface area (Å²) >= 11 is 0. The van der Waals surface area contributed by atoms with E-state index >= 15 is 0 Å². The molecule has 1 aromatic heterocycles. The van der Waals surface area contributed by atoms with Gasteiger partial charge in [-0.2, -0.15) is 10.4 Å². The first-order chi connectivity index (χ1) is 10.0. The third-order valence-electron chi connectivity index (χ3n) is 2.96. The molecule has 21 heavy (non-hydrogen) atoms. The highest BCUT2D eigenvalue weighted by molar-refractivity contribution is 7.91. The standard InChI is InChI=1S/C14H16N4O2S/c1-18-11-13(10-17-18)9-16-5-6-21(19,20)14-4-2-3-12(7-14)8-15/h2-4,7,10-11,16H,5-6,9H2,1H3. The van der Waals surface area contributed by atoms with Gasteiger partial charge >= 0.3 is 0 Å². The predicted molar refractivity (Wildman–Crippen MR) is 78.1 cm³/mol. The van der Waals surface area contributed by atoms with Gasteiger partial charge in [0.25, 0.3) is 0 Å². The zero-order chi connectivity index (χ0) is 15.3. The highest BCUT2D eigenvalue weighted by Crippen LogP contribution is 2.12. The van der Waals surface area contributed by atoms with E-state index in [1.807, 2.05) is 19.3 Å². The molecule has 0 aliphatic carbocycles. The van der Waals surface area contributed by atoms with Gasteiger partial charge in [0.15, 0.2) is 9.84 Å². The van der Waals surface area contributed by atoms with Crippen molar-refractivity contribution < 1.29 is 8.42 Å². The van der Waals surface area contributed by atoms with Gasteiger partial charge in [0.1, 0.15) is 0 Å². The summed E-state index contributed by atoms with van der Waals surface area (Å²) in [6.45, 7) is 0.912. The molecule has 7 heteroatoms. The number of nitrogens with one attached hydrogen (secondary N) is 1. The lowest BCUT2D eigenvalue weighted by molar-refractivity contribution is 0.590. The molecule has 0 fully saturated rings. The fourth-order valence-corrected chi connectivity index (χ4v) is 3.12. The molecule has 2 rings (SSSR count). The van der Waals surface area contributed by atoms with E-state index in [4.69, 9.17) is 5.26 Å². The molecule has 1 aromatic carbocycles. The molecule has 0 radical (unpaired) electrons. The Kier molecular flexibility index (Phi) is 4.73. The van der Waals surface area contributed by atoms with Crippen molar-refractivity contribution in [3.8, 4) is 6.07 Å². The molecule has 6 nitrogen and oxygen atoms in total. The predicted octanol–water partition coefficient (Wildman–Crippen LogP) is 0.855. The summed E-state index contributed by atoms with van der Waals surface area (Å²) in [5, 5.41) is 15.9. The number of aromatic nitrogens is 2. The SMILES string of the molecule is Cn1cc(CNCCS(=O)(=O)c2cccc(C#N)c2)cn1. The summed E-state index contributed by atoms with van der Waals surface area (Å²) in [4.78, 5) is 0.185. The average Bonchev–Trinajstić information content (AvgIpc) is 2.89. The largest absolute Gasteiger partial charge is 0.312 e. The first-order valence-corrected chi connectivity index (χ1v) is 8.07. The molecule has 0 aliphatic rings. The van der Waals surface area contributed by atoms with Crippen LogP contribution in [0.4, 0.5) is 0 Å². The fourth-order valence-electron chi connectivity index (χ4n) is 1.88. The lowest BCUT2D eigenvalue weighted by Gasteiger charge is -2.06. The Morgan fingerprint density at radius 2 is 2.24 bits per heavy atom. The molecular weight excluding hydrogens is 288 g/mol. The van der Waals surface area contributed by atoms with Crippen LogP contribution in [0, 0.1) is 11.3 Å². The molecule has 2 aromatic rings. The topological polar surface area (TPSA) is 87.8 Å². The van der Waals surface area contributed by atoms with Crippen molar-refractivity contribution in [2.75, 3.05) is 12.3 Å². The van der Waals surface area contributed by atoms with E-state index in [1.54, 1.807) is 23.0 Å². The van der Waals surface area contributed by atoms with Crippen LogP contribution in [-0.4, -0.2) is 30.5 Å². The Bertz CT molecular complexity index is 759. The number of nitrogens with zero attached hydrogens (tertiary/aromatic N) is 3. The van der Waals surface area contributed by atoms with Gasteiger partial charge in [-0.25, -0.2) is 8.42 Å². The Morgan fingerprint density at radius 3 is 2.90 bits per heavy atom. The average molecular weight is 304 g/mol. The maximum Gasteiger partial charge on any atom is 0.179 e. The van der Waals surface area contributed by atoms with Crippen molar-refractivity contribution in [3.63, 3.8) is 0 Å². The molecular formula is C14H16N4O2S. The smallest absolute Gasteiger partial charge is 0.179 e. The van der Waals surface area contributed by atoms with Gasteiger partial charge in [-0.3, -0.25) is 4.68 Å². The molecule has 0 amide bonds. The molecule has 0 saturated heterocycles. The summed E-state index contributed by atoms with van der Waals surface area (Å²) in [6.07, 6.45) is 3.61. The lowest BCUT2D eigenvalue weighted by atomic mass is 10.2. The molecule has 0 bridgehead atoms. The Hall–Kier alpha value is -2.17. The van der Waals surface area contributed by atoms with Crippen LogP contribution in [0.2, 0.25) is 0 Å². The second-order valence-electron chi connectivity index (χ2n) is 4.66. The number of sulfone groups is 1. The number of aryl methyl sites for hydroxylation is 1. The summed E-state index contributed by atoms with van der Waals surface area (Å²) in [5.74, 6) is -0.0118. The minimum absolute atomic E-state index is 0.0118. The van der Waals surface area contributed by atoms with Gasteiger partial charge in [-0.15, -0.1) is 0 Å². The fraction of sp³-hybridized carbons (Fsp3) is 0.286. The zero-order valence-corrected chi connectivity index (χ0v) is 12.5. The molecule has 0 aliphatic heterocycles. The molecule has 0 spiro atoms. The van der Waals surface area contributed by atoms with Crippen LogP contribution in [0.5, 0.6) is 0 Å². The maximum absolute atomic E-state index is 12.1. The van der Waals surface area contributed by atoms with Gasteiger partial charge in [0, 0.05) is 31.9 Å². The van der Waals surface area contributed by atoms with Crippen LogP contribution in [0.3, 0.4) is 0 Å². The Balaban J connectivity index is 1.90. The summed E-state index contributed by atoms with van der Waals surface area (Å²) < 4.78 is 26.0. The monoisotopic (exact) mass is 304 g/mol. The highest BCUT2D eigenvalue weighted by atomic mass is 32.2. The lowest BCUT2D eigenvalue weighted by Crippen LogP contribution is -2.22. The van der Waals surface area contributed by atoms with Crippen LogP contribution in [0.25, 0.3) is 0 Å². The number of nitriles is 1. The van der Waals surface area contributed by atoms with Crippen LogP contribution < -0.4 is 5.32 Å². The van der Waals surface area contributed by atoms with Gasteiger partial charge in [-0.05, 0) is 18.2 Å². The van der Waals surface area contributed by atoms with Crippen molar-refractivity contribution in [1.29, 1.82) is 5.26 Å². The quantitative estimate of drug-likeness (QED) is 0.800. The van der Waals surface area contributed by atoms with Crippen molar-refractivity contribution in [1.82, 2.24) is 15.1 Å². The van der Waals surface area contributed by atoms with Crippen molar-refractivity contribution in [3.05, 3.63) is 47.8 Å². The normalized spacial score (nSPS) is 11.2. The van der Waals surface area contributed by atoms with Crippen molar-refractivity contribution in [2.24, 2.45) is 7.05 Å². The first kappa shape index (κ1) is 15.2. The van der Waals surface area contributed by atoms with Crippen molar-refractivity contribution >= 4 is 9.84 Å². The molecule has 0 unspecified atom stereocenters. The maximum atomic E-state index is 12.1. The Morgan fingerprint density at radius 1 is 1.43 bits per heavy atom. The second kappa shape index (κ2) is 6.52. The summed E-state index contributed by atoms with van der Waals surface area (Å²) in [7, 11) is -1.55. The zero-order valence-electron chi connectivity index (χ0n) is 11.7. The van der Waals surface area contributed by atoms with Crippen LogP contribution in [0.1, 0.15) is 11.1 Å². The number of hydrogen-bond acceptors (Lipinski definition) is 5. The van der Waals surface area contributed by atoms with Crippen LogP contribution >= 0.6 is 0 Å². The number of hydrogen-bond donors (Lipinski definition) is 1. The first-order valence-electron chi connectivity index (χ1n) is 6.42. The molecule has 110 valence electrons. The van der Waals surface area contributed by atoms with Gasteiger partial charge in [0.2, 0.25) is 0 Å². The van der Waals surface area contributed by atoms with E-state index in [9.17, 15) is 8.42 Å². The second-order valence-corrected chi connectivity index (χ2v) is 6.77. The molecule has 1 N–H and O–H groups in total. The minimum atomic E-state index is -3.38. The molecule has 1 heterocycles. The van der Waals surface area contributed by atoms with Gasteiger partial charge in [-0.1, -0.05) is 6.07 Å². The minimum Gasteiger partial charge on any atom is -0.312 e. The van der Waals surface area contributed by atoms with Gasteiger partial charge in [0.05, 0.1) is 28.5 Å². The van der Waals surface area contributed by atoms with E-state index < -0.39 is 9.84 Å².